The van der Waals surface area contributed by atoms with E-state index in [1.54, 1.807) is 0 Å². The average Bonchev–Trinajstić information content (AvgIpc) is 2.59. The molecule has 1 aromatic rings. The molecule has 25 heavy (non-hydrogen) atoms. The highest BCUT2D eigenvalue weighted by atomic mass is 16.5. The molecule has 0 radical (unpaired) electrons. The topological polar surface area (TPSA) is 70.7 Å². The molecule has 1 aromatic carbocycles. The largest absolute Gasteiger partial charge is 0.379 e. The summed E-state index contributed by atoms with van der Waals surface area (Å²) in [7, 11) is 0. The highest BCUT2D eigenvalue weighted by Crippen LogP contribution is 2.08. The molecule has 0 aliphatic carbocycles. The van der Waals surface area contributed by atoms with Crippen molar-refractivity contribution in [2.75, 3.05) is 45.9 Å². The van der Waals surface area contributed by atoms with Gasteiger partial charge in [-0.1, -0.05) is 17.2 Å². The number of benzene rings is 1. The molecule has 0 aromatic heterocycles. The summed E-state index contributed by atoms with van der Waals surface area (Å²) in [6, 6.07) is 5.66. The van der Waals surface area contributed by atoms with Crippen LogP contribution >= 0.6 is 0 Å². The SMILES string of the molecule is Cc1cc(C)cc(C(=O)NCC(=O)NCCCCN2CCOCC2)c1. The van der Waals surface area contributed by atoms with Crippen molar-refractivity contribution in [3.63, 3.8) is 0 Å². The molecule has 138 valence electrons. The third kappa shape index (κ3) is 7.23. The predicted octanol–water partition coefficient (Wildman–Crippen LogP) is 1.26. The summed E-state index contributed by atoms with van der Waals surface area (Å²) in [5.74, 6) is -0.363. The Balaban J connectivity index is 1.58. The molecule has 1 fully saturated rings. The number of unbranched alkanes of at least 4 members (excludes halogenated alkanes) is 1. The number of nitrogens with zero attached hydrogens (tertiary/aromatic N) is 1. The molecule has 1 aliphatic heterocycles. The van der Waals surface area contributed by atoms with E-state index in [0.29, 0.717) is 12.1 Å². The van der Waals surface area contributed by atoms with Crippen LogP contribution in [-0.2, 0) is 9.53 Å². The average molecular weight is 347 g/mol. The van der Waals surface area contributed by atoms with Crippen LogP contribution in [0.3, 0.4) is 0 Å². The van der Waals surface area contributed by atoms with Crippen molar-refractivity contribution in [3.05, 3.63) is 34.9 Å². The van der Waals surface area contributed by atoms with Gasteiger partial charge < -0.3 is 15.4 Å². The van der Waals surface area contributed by atoms with Gasteiger partial charge in [-0.3, -0.25) is 14.5 Å². The van der Waals surface area contributed by atoms with Crippen molar-refractivity contribution in [2.45, 2.75) is 26.7 Å². The van der Waals surface area contributed by atoms with Crippen LogP contribution in [0.25, 0.3) is 0 Å². The fourth-order valence-electron chi connectivity index (χ4n) is 2.94. The van der Waals surface area contributed by atoms with Gasteiger partial charge in [0, 0.05) is 25.2 Å². The van der Waals surface area contributed by atoms with E-state index < -0.39 is 0 Å². The van der Waals surface area contributed by atoms with E-state index in [4.69, 9.17) is 4.74 Å². The van der Waals surface area contributed by atoms with Crippen LogP contribution in [0.2, 0.25) is 0 Å². The van der Waals surface area contributed by atoms with Crippen LogP contribution in [-0.4, -0.2) is 62.7 Å². The number of aryl methyl sites for hydroxylation is 2. The molecule has 2 amide bonds. The first-order valence-electron chi connectivity index (χ1n) is 8.98. The second-order valence-electron chi connectivity index (χ2n) is 6.57. The van der Waals surface area contributed by atoms with Crippen LogP contribution in [0.15, 0.2) is 18.2 Å². The number of morpholine rings is 1. The van der Waals surface area contributed by atoms with E-state index in [1.165, 1.54) is 0 Å². The monoisotopic (exact) mass is 347 g/mol. The number of ether oxygens (including phenoxy) is 1. The van der Waals surface area contributed by atoms with E-state index in [0.717, 1.165) is 56.8 Å². The fourth-order valence-corrected chi connectivity index (χ4v) is 2.94. The minimum Gasteiger partial charge on any atom is -0.379 e. The second kappa shape index (κ2) is 10.2. The number of hydrogen-bond donors (Lipinski definition) is 2. The number of amides is 2. The summed E-state index contributed by atoms with van der Waals surface area (Å²) in [6.45, 7) is 9.23. The predicted molar refractivity (Wildman–Crippen MR) is 97.8 cm³/mol. The Morgan fingerprint density at radius 3 is 2.40 bits per heavy atom. The smallest absolute Gasteiger partial charge is 0.251 e. The third-order valence-electron chi connectivity index (χ3n) is 4.22. The van der Waals surface area contributed by atoms with E-state index in [1.807, 2.05) is 32.0 Å². The lowest BCUT2D eigenvalue weighted by Gasteiger charge is -2.26. The summed E-state index contributed by atoms with van der Waals surface area (Å²) in [5.41, 5.74) is 2.67. The highest BCUT2D eigenvalue weighted by molar-refractivity contribution is 5.96. The standard InChI is InChI=1S/C19H29N3O3/c1-15-11-16(2)13-17(12-15)19(24)21-14-18(23)20-5-3-4-6-22-7-9-25-10-8-22/h11-13H,3-10,14H2,1-2H3,(H,20,23)(H,21,24). The molecule has 0 spiro atoms. The van der Waals surface area contributed by atoms with Gasteiger partial charge in [-0.2, -0.15) is 0 Å². The van der Waals surface area contributed by atoms with Gasteiger partial charge in [0.2, 0.25) is 5.91 Å². The molecule has 2 rings (SSSR count). The molecule has 6 nitrogen and oxygen atoms in total. The van der Waals surface area contributed by atoms with Crippen LogP contribution in [0, 0.1) is 13.8 Å². The molecule has 1 heterocycles. The number of rotatable bonds is 8. The molecular formula is C19H29N3O3. The maximum atomic E-state index is 12.1. The Kier molecular flexibility index (Phi) is 7.88. The quantitative estimate of drug-likeness (QED) is 0.695. The number of nitrogens with one attached hydrogen (secondary N) is 2. The van der Waals surface area contributed by atoms with Crippen LogP contribution in [0.4, 0.5) is 0 Å². The summed E-state index contributed by atoms with van der Waals surface area (Å²) in [4.78, 5) is 26.3. The van der Waals surface area contributed by atoms with Crippen LogP contribution in [0.1, 0.15) is 34.3 Å². The zero-order valence-corrected chi connectivity index (χ0v) is 15.3. The van der Waals surface area contributed by atoms with Gasteiger partial charge in [0.1, 0.15) is 0 Å². The minimum atomic E-state index is -0.214. The van der Waals surface area contributed by atoms with Crippen LogP contribution in [0.5, 0.6) is 0 Å². The number of carbonyl (C=O) groups is 2. The summed E-state index contributed by atoms with van der Waals surface area (Å²) in [6.07, 6.45) is 1.99. The minimum absolute atomic E-state index is 0.00921. The van der Waals surface area contributed by atoms with Crippen molar-refractivity contribution in [3.8, 4) is 0 Å². The van der Waals surface area contributed by atoms with Gasteiger partial charge in [-0.25, -0.2) is 0 Å². The number of hydrogen-bond acceptors (Lipinski definition) is 4. The Hall–Kier alpha value is -1.92. The zero-order valence-electron chi connectivity index (χ0n) is 15.3. The summed E-state index contributed by atoms with van der Waals surface area (Å²) in [5, 5.41) is 5.53. The maximum absolute atomic E-state index is 12.1. The molecule has 1 saturated heterocycles. The Labute approximate surface area is 149 Å². The Morgan fingerprint density at radius 1 is 1.04 bits per heavy atom. The molecule has 6 heteroatoms. The van der Waals surface area contributed by atoms with Gasteiger partial charge in [0.05, 0.1) is 19.8 Å². The normalized spacial score (nSPS) is 15.0. The van der Waals surface area contributed by atoms with Crippen molar-refractivity contribution < 1.29 is 14.3 Å². The third-order valence-corrected chi connectivity index (χ3v) is 4.22. The molecule has 0 unspecified atom stereocenters. The molecule has 2 N–H and O–H groups in total. The van der Waals surface area contributed by atoms with Gasteiger partial charge in [0.25, 0.3) is 5.91 Å². The lowest BCUT2D eigenvalue weighted by molar-refractivity contribution is -0.120. The first kappa shape index (κ1) is 19.4. The van der Waals surface area contributed by atoms with Gasteiger partial charge in [0.15, 0.2) is 0 Å². The van der Waals surface area contributed by atoms with Gasteiger partial charge in [-0.05, 0) is 45.4 Å². The van der Waals surface area contributed by atoms with Gasteiger partial charge in [-0.15, -0.1) is 0 Å². The number of carbonyl (C=O) groups excluding carboxylic acids is 2. The summed E-state index contributed by atoms with van der Waals surface area (Å²) >= 11 is 0. The molecule has 0 bridgehead atoms. The first-order valence-corrected chi connectivity index (χ1v) is 8.98. The van der Waals surface area contributed by atoms with Crippen LogP contribution < -0.4 is 10.6 Å². The Morgan fingerprint density at radius 2 is 1.72 bits per heavy atom. The zero-order chi connectivity index (χ0) is 18.1. The van der Waals surface area contributed by atoms with E-state index in [2.05, 4.69) is 15.5 Å². The van der Waals surface area contributed by atoms with E-state index >= 15 is 0 Å². The first-order chi connectivity index (χ1) is 12.0. The second-order valence-corrected chi connectivity index (χ2v) is 6.57. The van der Waals surface area contributed by atoms with E-state index in [-0.39, 0.29) is 18.4 Å². The highest BCUT2D eigenvalue weighted by Gasteiger charge is 2.10. The molecule has 0 atom stereocenters. The molecular weight excluding hydrogens is 318 g/mol. The fraction of sp³-hybridized carbons (Fsp3) is 0.579. The van der Waals surface area contributed by atoms with Crippen molar-refractivity contribution in [2.24, 2.45) is 0 Å². The lowest BCUT2D eigenvalue weighted by atomic mass is 10.1. The van der Waals surface area contributed by atoms with Gasteiger partial charge >= 0.3 is 0 Å². The van der Waals surface area contributed by atoms with E-state index in [9.17, 15) is 9.59 Å². The molecule has 1 aliphatic rings. The van der Waals surface area contributed by atoms with Crippen molar-refractivity contribution in [1.82, 2.24) is 15.5 Å². The Bertz CT molecular complexity index is 563. The lowest BCUT2D eigenvalue weighted by Crippen LogP contribution is -2.38. The van der Waals surface area contributed by atoms with Crippen molar-refractivity contribution >= 4 is 11.8 Å². The molecule has 0 saturated carbocycles. The summed E-state index contributed by atoms with van der Waals surface area (Å²) < 4.78 is 5.32. The maximum Gasteiger partial charge on any atom is 0.251 e. The van der Waals surface area contributed by atoms with Crippen molar-refractivity contribution in [1.29, 1.82) is 0 Å².